The highest BCUT2D eigenvalue weighted by Crippen LogP contribution is 2.45. The lowest BCUT2D eigenvalue weighted by atomic mass is 9.86. The van der Waals surface area contributed by atoms with E-state index >= 15 is 0 Å². The van der Waals surface area contributed by atoms with Gasteiger partial charge in [0.05, 0.1) is 35.3 Å². The number of hydrogen-bond acceptors (Lipinski definition) is 7. The molecule has 0 N–H and O–H groups in total. The molecule has 0 bridgehead atoms. The van der Waals surface area contributed by atoms with Gasteiger partial charge in [-0.25, -0.2) is 0 Å². The highest BCUT2D eigenvalue weighted by molar-refractivity contribution is 6.25. The highest BCUT2D eigenvalue weighted by atomic mass is 16.6. The van der Waals surface area contributed by atoms with Crippen molar-refractivity contribution in [3.8, 4) is 11.5 Å². The number of non-ortho nitro benzene ring substituents is 1. The molecule has 3 aromatic rings. The van der Waals surface area contributed by atoms with Gasteiger partial charge in [-0.05, 0) is 61.9 Å². The molecule has 0 aliphatic carbocycles. The quantitative estimate of drug-likeness (QED) is 0.197. The number of nitro benzene ring substituents is 1. The van der Waals surface area contributed by atoms with Crippen LogP contribution < -0.4 is 14.4 Å². The van der Waals surface area contributed by atoms with E-state index in [4.69, 9.17) is 9.47 Å². The molecule has 188 valence electrons. The molecule has 2 aliphatic heterocycles. The standard InChI is InChI=1S/C27H23N3O7/c1-3-36-19-10-5-16(6-11-19)23-24(27(33)28(23)17-7-12-20(13-8-17)37-4-2)29-25(31)21-14-9-18(30(34)35)15-22(21)26(29)32/h5-15,23-24H,3-4H2,1-2H3/t23-,24+/m1/s1. The van der Waals surface area contributed by atoms with E-state index in [2.05, 4.69) is 0 Å². The zero-order valence-corrected chi connectivity index (χ0v) is 20.1. The predicted molar refractivity (Wildman–Crippen MR) is 133 cm³/mol. The number of fused-ring (bicyclic) bond motifs is 1. The maximum Gasteiger partial charge on any atom is 0.270 e. The van der Waals surface area contributed by atoms with E-state index in [1.807, 2.05) is 13.8 Å². The number of carbonyl (C=O) groups excluding carboxylic acids is 3. The number of rotatable bonds is 8. The first-order valence-corrected chi connectivity index (χ1v) is 11.8. The van der Waals surface area contributed by atoms with Crippen LogP contribution in [0.4, 0.5) is 11.4 Å². The van der Waals surface area contributed by atoms with Gasteiger partial charge >= 0.3 is 0 Å². The van der Waals surface area contributed by atoms with Gasteiger partial charge in [-0.1, -0.05) is 12.1 Å². The van der Waals surface area contributed by atoms with Crippen LogP contribution in [0.15, 0.2) is 66.7 Å². The first kappa shape index (κ1) is 24.0. The summed E-state index contributed by atoms with van der Waals surface area (Å²) in [6, 6.07) is 15.8. The number of β-lactam (4-membered cyclic amide) rings is 1. The lowest BCUT2D eigenvalue weighted by Gasteiger charge is -2.49. The maximum absolute atomic E-state index is 13.5. The molecule has 10 nitrogen and oxygen atoms in total. The molecule has 0 unspecified atom stereocenters. The van der Waals surface area contributed by atoms with Gasteiger partial charge in [0, 0.05) is 17.8 Å². The molecule has 3 aromatic carbocycles. The van der Waals surface area contributed by atoms with Crippen molar-refractivity contribution in [3.63, 3.8) is 0 Å². The number of nitrogens with zero attached hydrogens (tertiary/aromatic N) is 3. The normalized spacial score (nSPS) is 18.5. The van der Waals surface area contributed by atoms with Crippen molar-refractivity contribution in [2.75, 3.05) is 18.1 Å². The fourth-order valence-corrected chi connectivity index (χ4v) is 4.76. The van der Waals surface area contributed by atoms with Gasteiger partial charge in [-0.3, -0.25) is 29.4 Å². The second kappa shape index (κ2) is 9.38. The lowest BCUT2D eigenvalue weighted by molar-refractivity contribution is -0.384. The Hall–Kier alpha value is -4.73. The van der Waals surface area contributed by atoms with E-state index in [1.165, 1.54) is 17.0 Å². The van der Waals surface area contributed by atoms with Gasteiger partial charge in [-0.15, -0.1) is 0 Å². The Kier molecular flexibility index (Phi) is 6.08. The molecule has 0 spiro atoms. The predicted octanol–water partition coefficient (Wildman–Crippen LogP) is 4.14. The fraction of sp³-hybridized carbons (Fsp3) is 0.222. The maximum atomic E-state index is 13.5. The van der Waals surface area contributed by atoms with Crippen molar-refractivity contribution >= 4 is 29.1 Å². The van der Waals surface area contributed by atoms with Crippen molar-refractivity contribution < 1.29 is 28.8 Å². The van der Waals surface area contributed by atoms with E-state index in [0.29, 0.717) is 36.0 Å². The number of anilines is 1. The van der Waals surface area contributed by atoms with Crippen LogP contribution in [0.25, 0.3) is 0 Å². The second-order valence-corrected chi connectivity index (χ2v) is 8.49. The first-order chi connectivity index (χ1) is 17.8. The molecule has 2 aliphatic rings. The van der Waals surface area contributed by atoms with Crippen molar-refractivity contribution in [2.24, 2.45) is 0 Å². The third kappa shape index (κ3) is 3.96. The second-order valence-electron chi connectivity index (χ2n) is 8.49. The van der Waals surface area contributed by atoms with Gasteiger partial charge in [0.1, 0.15) is 17.5 Å². The zero-order chi connectivity index (χ0) is 26.3. The van der Waals surface area contributed by atoms with Crippen molar-refractivity contribution in [1.82, 2.24) is 4.90 Å². The van der Waals surface area contributed by atoms with Crippen molar-refractivity contribution in [2.45, 2.75) is 25.9 Å². The molecule has 1 saturated heterocycles. The van der Waals surface area contributed by atoms with Gasteiger partial charge in [0.2, 0.25) is 0 Å². The van der Waals surface area contributed by atoms with E-state index < -0.39 is 34.7 Å². The van der Waals surface area contributed by atoms with Gasteiger partial charge < -0.3 is 14.4 Å². The molecule has 37 heavy (non-hydrogen) atoms. The van der Waals surface area contributed by atoms with Gasteiger partial charge in [0.25, 0.3) is 23.4 Å². The SMILES string of the molecule is CCOc1ccc([C@@H]2[C@H](N3C(=O)c4ccc([N+](=O)[O-])cc4C3=O)C(=O)N2c2ccc(OCC)cc2)cc1. The molecule has 0 saturated carbocycles. The first-order valence-electron chi connectivity index (χ1n) is 11.8. The Bertz CT molecular complexity index is 1400. The minimum Gasteiger partial charge on any atom is -0.494 e. The summed E-state index contributed by atoms with van der Waals surface area (Å²) in [5, 5.41) is 11.2. The Morgan fingerprint density at radius 1 is 0.757 bits per heavy atom. The van der Waals surface area contributed by atoms with Gasteiger partial charge in [0.15, 0.2) is 0 Å². The van der Waals surface area contributed by atoms with Crippen LogP contribution in [0.1, 0.15) is 46.2 Å². The summed E-state index contributed by atoms with van der Waals surface area (Å²) in [6.07, 6.45) is 0. The summed E-state index contributed by atoms with van der Waals surface area (Å²) in [6.45, 7) is 4.73. The van der Waals surface area contributed by atoms with Crippen LogP contribution in [0, 0.1) is 10.1 Å². The zero-order valence-electron chi connectivity index (χ0n) is 20.1. The topological polar surface area (TPSA) is 119 Å². The van der Waals surface area contributed by atoms with Crippen LogP contribution in [0.5, 0.6) is 11.5 Å². The number of amides is 3. The summed E-state index contributed by atoms with van der Waals surface area (Å²) in [7, 11) is 0. The molecule has 10 heteroatoms. The summed E-state index contributed by atoms with van der Waals surface area (Å²) >= 11 is 0. The monoisotopic (exact) mass is 501 g/mol. The summed E-state index contributed by atoms with van der Waals surface area (Å²) in [5.41, 5.74) is 0.923. The number of carbonyl (C=O) groups is 3. The number of benzene rings is 3. The van der Waals surface area contributed by atoms with Crippen LogP contribution in [0.2, 0.25) is 0 Å². The van der Waals surface area contributed by atoms with E-state index in [1.54, 1.807) is 48.5 Å². The smallest absolute Gasteiger partial charge is 0.270 e. The Balaban J connectivity index is 1.53. The Morgan fingerprint density at radius 3 is 1.89 bits per heavy atom. The minimum absolute atomic E-state index is 0.0355. The molecule has 0 aromatic heterocycles. The van der Waals surface area contributed by atoms with Crippen molar-refractivity contribution in [1.29, 1.82) is 0 Å². The van der Waals surface area contributed by atoms with Crippen molar-refractivity contribution in [3.05, 3.63) is 93.5 Å². The number of ether oxygens (including phenoxy) is 2. The Labute approximate surface area is 212 Å². The molecule has 2 heterocycles. The minimum atomic E-state index is -1.11. The summed E-state index contributed by atoms with van der Waals surface area (Å²) in [5.74, 6) is -0.531. The molecular formula is C27H23N3O7. The molecule has 3 amide bonds. The van der Waals surface area contributed by atoms with Crippen LogP contribution in [-0.2, 0) is 4.79 Å². The molecule has 5 rings (SSSR count). The largest absolute Gasteiger partial charge is 0.494 e. The third-order valence-electron chi connectivity index (χ3n) is 6.42. The van der Waals surface area contributed by atoms with Gasteiger partial charge in [-0.2, -0.15) is 0 Å². The van der Waals surface area contributed by atoms with Crippen LogP contribution in [0.3, 0.4) is 0 Å². The molecule has 2 atom stereocenters. The van der Waals surface area contributed by atoms with E-state index in [-0.39, 0.29) is 16.8 Å². The Morgan fingerprint density at radius 2 is 1.32 bits per heavy atom. The average Bonchev–Trinajstić information content (AvgIpc) is 3.14. The highest BCUT2D eigenvalue weighted by Gasteiger charge is 2.57. The summed E-state index contributed by atoms with van der Waals surface area (Å²) in [4.78, 5) is 53.2. The average molecular weight is 501 g/mol. The number of nitro groups is 1. The van der Waals surface area contributed by atoms with Crippen LogP contribution >= 0.6 is 0 Å². The molecular weight excluding hydrogens is 478 g/mol. The fourth-order valence-electron chi connectivity index (χ4n) is 4.76. The third-order valence-corrected chi connectivity index (χ3v) is 6.42. The number of hydrogen-bond donors (Lipinski definition) is 0. The summed E-state index contributed by atoms with van der Waals surface area (Å²) < 4.78 is 11.0. The number of imide groups is 1. The van der Waals surface area contributed by atoms with E-state index in [0.717, 1.165) is 11.0 Å². The lowest BCUT2D eigenvalue weighted by Crippen LogP contribution is -2.67. The van der Waals surface area contributed by atoms with Crippen LogP contribution in [-0.4, -0.2) is 46.8 Å². The molecule has 0 radical (unpaired) electrons. The van der Waals surface area contributed by atoms with E-state index in [9.17, 15) is 24.5 Å². The molecule has 1 fully saturated rings.